The van der Waals surface area contributed by atoms with Crippen LogP contribution in [0.3, 0.4) is 0 Å². The van der Waals surface area contributed by atoms with E-state index in [4.69, 9.17) is 4.74 Å². The standard InChI is InChI=1S/C26H31N3O2/c1-7-29-23-14-24(31-6)19(13-22(23)18(3)15-26(29,4)5)12-20(16-27)25(30)28-21-10-8-17(2)9-11-21/h8-14,18H,7,15H2,1-6H3,(H,28,30)/b20-12+. The van der Waals surface area contributed by atoms with Crippen LogP contribution in [-0.2, 0) is 4.79 Å². The summed E-state index contributed by atoms with van der Waals surface area (Å²) in [7, 11) is 1.62. The molecule has 5 nitrogen and oxygen atoms in total. The van der Waals surface area contributed by atoms with Crippen molar-refractivity contribution in [3.05, 3.63) is 58.7 Å². The number of anilines is 2. The SMILES string of the molecule is CCN1c2cc(OC)c(/C=C(\C#N)C(=O)Nc3ccc(C)cc3)cc2C(C)CC1(C)C. The molecule has 0 spiro atoms. The van der Waals surface area contributed by atoms with Crippen molar-refractivity contribution in [2.45, 2.75) is 52.5 Å². The van der Waals surface area contributed by atoms with E-state index >= 15 is 0 Å². The van der Waals surface area contributed by atoms with E-state index in [-0.39, 0.29) is 11.1 Å². The number of aryl methyl sites for hydroxylation is 1. The molecule has 2 aromatic rings. The minimum atomic E-state index is -0.435. The molecule has 0 bridgehead atoms. The van der Waals surface area contributed by atoms with Crippen LogP contribution < -0.4 is 15.0 Å². The highest BCUT2D eigenvalue weighted by atomic mass is 16.5. The van der Waals surface area contributed by atoms with Crippen molar-refractivity contribution in [2.24, 2.45) is 0 Å². The first-order valence-electron chi connectivity index (χ1n) is 10.7. The molecular weight excluding hydrogens is 386 g/mol. The Balaban J connectivity index is 2.00. The molecule has 0 saturated carbocycles. The minimum Gasteiger partial charge on any atom is -0.496 e. The Bertz CT molecular complexity index is 1050. The maximum Gasteiger partial charge on any atom is 0.266 e. The molecule has 1 aliphatic heterocycles. The first-order chi connectivity index (χ1) is 14.7. The van der Waals surface area contributed by atoms with Crippen LogP contribution in [-0.4, -0.2) is 25.1 Å². The number of hydrogen-bond donors (Lipinski definition) is 1. The summed E-state index contributed by atoms with van der Waals surface area (Å²) in [6.07, 6.45) is 2.65. The lowest BCUT2D eigenvalue weighted by Crippen LogP contribution is -2.48. The van der Waals surface area contributed by atoms with Crippen molar-refractivity contribution in [2.75, 3.05) is 23.9 Å². The molecule has 31 heavy (non-hydrogen) atoms. The number of ether oxygens (including phenoxy) is 1. The van der Waals surface area contributed by atoms with Crippen molar-refractivity contribution >= 4 is 23.4 Å². The zero-order valence-corrected chi connectivity index (χ0v) is 19.2. The lowest BCUT2D eigenvalue weighted by Gasteiger charge is -2.47. The summed E-state index contributed by atoms with van der Waals surface area (Å²) in [5, 5.41) is 12.5. The van der Waals surface area contributed by atoms with Crippen molar-refractivity contribution in [1.29, 1.82) is 5.26 Å². The van der Waals surface area contributed by atoms with Gasteiger partial charge in [0.25, 0.3) is 5.91 Å². The van der Waals surface area contributed by atoms with Gasteiger partial charge in [0.05, 0.1) is 7.11 Å². The number of nitriles is 1. The lowest BCUT2D eigenvalue weighted by atomic mass is 9.79. The molecule has 2 aromatic carbocycles. The van der Waals surface area contributed by atoms with Gasteiger partial charge in [-0.15, -0.1) is 0 Å². The molecule has 0 aromatic heterocycles. The number of nitrogens with one attached hydrogen (secondary N) is 1. The largest absolute Gasteiger partial charge is 0.496 e. The molecule has 0 saturated heterocycles. The van der Waals surface area contributed by atoms with Crippen LogP contribution in [0.2, 0.25) is 0 Å². The lowest BCUT2D eigenvalue weighted by molar-refractivity contribution is -0.112. The molecule has 3 rings (SSSR count). The van der Waals surface area contributed by atoms with Crippen molar-refractivity contribution in [1.82, 2.24) is 0 Å². The van der Waals surface area contributed by atoms with E-state index in [1.807, 2.05) is 43.3 Å². The zero-order chi connectivity index (χ0) is 22.8. The minimum absolute atomic E-state index is 0.0370. The number of methoxy groups -OCH3 is 1. The summed E-state index contributed by atoms with van der Waals surface area (Å²) in [6, 6.07) is 13.6. The van der Waals surface area contributed by atoms with Crippen molar-refractivity contribution < 1.29 is 9.53 Å². The average Bonchev–Trinajstić information content (AvgIpc) is 2.72. The second-order valence-corrected chi connectivity index (χ2v) is 8.80. The smallest absolute Gasteiger partial charge is 0.266 e. The predicted octanol–water partition coefficient (Wildman–Crippen LogP) is 5.66. The summed E-state index contributed by atoms with van der Waals surface area (Å²) in [4.78, 5) is 15.1. The molecule has 1 atom stereocenters. The Morgan fingerprint density at radius 1 is 1.32 bits per heavy atom. The highest BCUT2D eigenvalue weighted by Gasteiger charge is 2.36. The summed E-state index contributed by atoms with van der Waals surface area (Å²) < 4.78 is 5.65. The van der Waals surface area contributed by atoms with Crippen LogP contribution in [0.15, 0.2) is 42.0 Å². The summed E-state index contributed by atoms with van der Waals surface area (Å²) in [6.45, 7) is 11.8. The van der Waals surface area contributed by atoms with E-state index in [0.29, 0.717) is 17.4 Å². The Morgan fingerprint density at radius 3 is 2.58 bits per heavy atom. The van der Waals surface area contributed by atoms with Crippen molar-refractivity contribution in [3.63, 3.8) is 0 Å². The van der Waals surface area contributed by atoms with Gasteiger partial charge in [-0.3, -0.25) is 4.79 Å². The zero-order valence-electron chi connectivity index (χ0n) is 19.2. The van der Waals surface area contributed by atoms with E-state index in [1.54, 1.807) is 13.2 Å². The average molecular weight is 418 g/mol. The number of benzene rings is 2. The van der Waals surface area contributed by atoms with Gasteiger partial charge in [-0.05, 0) is 69.9 Å². The van der Waals surface area contributed by atoms with Gasteiger partial charge in [0.2, 0.25) is 0 Å². The van der Waals surface area contributed by atoms with Gasteiger partial charge in [0.15, 0.2) is 0 Å². The molecule has 162 valence electrons. The van der Waals surface area contributed by atoms with Crippen molar-refractivity contribution in [3.8, 4) is 11.8 Å². The van der Waals surface area contributed by atoms with Gasteiger partial charge in [0, 0.05) is 35.1 Å². The quantitative estimate of drug-likeness (QED) is 0.503. The fourth-order valence-electron chi connectivity index (χ4n) is 4.55. The topological polar surface area (TPSA) is 65.4 Å². The maximum atomic E-state index is 12.7. The van der Waals surface area contributed by atoms with Gasteiger partial charge in [0.1, 0.15) is 17.4 Å². The third kappa shape index (κ3) is 4.59. The maximum absolute atomic E-state index is 12.7. The van der Waals surface area contributed by atoms with E-state index in [2.05, 4.69) is 44.0 Å². The van der Waals surface area contributed by atoms with Gasteiger partial charge >= 0.3 is 0 Å². The van der Waals surface area contributed by atoms with Gasteiger partial charge in [-0.25, -0.2) is 0 Å². The number of hydrogen-bond acceptors (Lipinski definition) is 4. The molecular formula is C26H31N3O2. The second kappa shape index (κ2) is 8.85. The van der Waals surface area contributed by atoms with Gasteiger partial charge < -0.3 is 15.0 Å². The van der Waals surface area contributed by atoms with E-state index in [1.165, 1.54) is 5.56 Å². The molecule has 1 aliphatic rings. The second-order valence-electron chi connectivity index (χ2n) is 8.80. The number of nitrogens with zero attached hydrogens (tertiary/aromatic N) is 2. The number of carbonyl (C=O) groups excluding carboxylic acids is 1. The fourth-order valence-corrected chi connectivity index (χ4v) is 4.55. The van der Waals surface area contributed by atoms with E-state index in [0.717, 1.165) is 29.8 Å². The predicted molar refractivity (Wildman–Crippen MR) is 127 cm³/mol. The van der Waals surface area contributed by atoms with E-state index < -0.39 is 5.91 Å². The number of amides is 1. The molecule has 1 unspecified atom stereocenters. The van der Waals surface area contributed by atoms with Crippen LogP contribution in [0.5, 0.6) is 5.75 Å². The first-order valence-corrected chi connectivity index (χ1v) is 10.7. The molecule has 0 aliphatic carbocycles. The van der Waals surface area contributed by atoms with Gasteiger partial charge in [-0.1, -0.05) is 24.6 Å². The number of carbonyl (C=O) groups is 1. The van der Waals surface area contributed by atoms with Crippen LogP contribution in [0.1, 0.15) is 56.7 Å². The molecule has 5 heteroatoms. The first kappa shape index (κ1) is 22.4. The Morgan fingerprint density at radius 2 is 2.00 bits per heavy atom. The normalized spacial score (nSPS) is 17.5. The van der Waals surface area contributed by atoms with Crippen LogP contribution in [0, 0.1) is 18.3 Å². The molecule has 0 radical (unpaired) electrons. The molecule has 1 N–H and O–H groups in total. The highest BCUT2D eigenvalue weighted by molar-refractivity contribution is 6.09. The summed E-state index contributed by atoms with van der Waals surface area (Å²) in [5.41, 5.74) is 4.95. The summed E-state index contributed by atoms with van der Waals surface area (Å²) in [5.74, 6) is 0.575. The monoisotopic (exact) mass is 417 g/mol. The van der Waals surface area contributed by atoms with E-state index in [9.17, 15) is 10.1 Å². The third-order valence-electron chi connectivity index (χ3n) is 6.03. The molecule has 0 fully saturated rings. The van der Waals surface area contributed by atoms with Crippen LogP contribution in [0.4, 0.5) is 11.4 Å². The highest BCUT2D eigenvalue weighted by Crippen LogP contribution is 2.45. The molecule has 1 heterocycles. The van der Waals surface area contributed by atoms with Gasteiger partial charge in [-0.2, -0.15) is 5.26 Å². The Hall–Kier alpha value is -3.26. The number of rotatable bonds is 5. The number of fused-ring (bicyclic) bond motifs is 1. The fraction of sp³-hybridized carbons (Fsp3) is 0.385. The summed E-state index contributed by atoms with van der Waals surface area (Å²) >= 11 is 0. The Kier molecular flexibility index (Phi) is 6.40. The molecule has 1 amide bonds. The third-order valence-corrected chi connectivity index (χ3v) is 6.03. The Labute approximate surface area is 185 Å². The van der Waals surface area contributed by atoms with Crippen LogP contribution in [0.25, 0.3) is 6.08 Å². The van der Waals surface area contributed by atoms with Crippen LogP contribution >= 0.6 is 0 Å².